The zero-order chi connectivity index (χ0) is 13.0. The van der Waals surface area contributed by atoms with Crippen LogP contribution in [0.2, 0.25) is 0 Å². The van der Waals surface area contributed by atoms with Gasteiger partial charge in [0.25, 0.3) is 5.91 Å². The molecule has 0 unspecified atom stereocenters. The van der Waals surface area contributed by atoms with E-state index in [2.05, 4.69) is 5.32 Å². The zero-order valence-electron chi connectivity index (χ0n) is 10.5. The molecule has 1 amide bonds. The fourth-order valence-electron chi connectivity index (χ4n) is 2.30. The van der Waals surface area contributed by atoms with E-state index >= 15 is 0 Å². The molecule has 1 aromatic heterocycles. The largest absolute Gasteiger partial charge is 0.457 e. The van der Waals surface area contributed by atoms with Crippen LogP contribution in [0.4, 0.5) is 0 Å². The van der Waals surface area contributed by atoms with E-state index in [1.165, 1.54) is 18.0 Å². The summed E-state index contributed by atoms with van der Waals surface area (Å²) < 4.78 is 5.23. The number of nitrogens with one attached hydrogen (secondary N) is 1. The summed E-state index contributed by atoms with van der Waals surface area (Å²) in [4.78, 5) is 12.0. The van der Waals surface area contributed by atoms with E-state index in [1.807, 2.05) is 6.26 Å². The molecule has 1 fully saturated rings. The van der Waals surface area contributed by atoms with Crippen LogP contribution in [-0.2, 0) is 0 Å². The molecule has 0 spiro atoms. The van der Waals surface area contributed by atoms with Crippen LogP contribution in [0, 0.1) is 5.92 Å². The van der Waals surface area contributed by atoms with Gasteiger partial charge >= 0.3 is 0 Å². The highest BCUT2D eigenvalue weighted by atomic mass is 32.2. The molecule has 1 aliphatic carbocycles. The lowest BCUT2D eigenvalue weighted by atomic mass is 9.86. The lowest BCUT2D eigenvalue weighted by Crippen LogP contribution is -2.37. The number of rotatable bonds is 4. The Morgan fingerprint density at radius 2 is 2.22 bits per heavy atom. The van der Waals surface area contributed by atoms with Crippen molar-refractivity contribution in [1.82, 2.24) is 5.32 Å². The molecule has 1 heterocycles. The second-order valence-corrected chi connectivity index (χ2v) is 5.54. The predicted octanol–water partition coefficient (Wildman–Crippen LogP) is 2.28. The Labute approximate surface area is 111 Å². The topological polar surface area (TPSA) is 62.5 Å². The molecule has 0 bridgehead atoms. The Morgan fingerprint density at radius 3 is 2.78 bits per heavy atom. The van der Waals surface area contributed by atoms with Crippen LogP contribution < -0.4 is 5.32 Å². The van der Waals surface area contributed by atoms with Gasteiger partial charge in [-0.1, -0.05) is 11.8 Å². The van der Waals surface area contributed by atoms with Gasteiger partial charge in [0.1, 0.15) is 6.26 Å². The minimum Gasteiger partial charge on any atom is -0.457 e. The summed E-state index contributed by atoms with van der Waals surface area (Å²) in [6, 6.07) is 1.99. The first kappa shape index (κ1) is 13.5. The SMILES string of the molecule is CSc1cc(C(=O)NC2CCC(CO)CC2)co1. The Balaban J connectivity index is 1.84. The van der Waals surface area contributed by atoms with Crippen LogP contribution in [0.1, 0.15) is 36.0 Å². The maximum atomic E-state index is 12.0. The molecule has 0 aliphatic heterocycles. The van der Waals surface area contributed by atoms with E-state index in [0.29, 0.717) is 11.5 Å². The molecule has 0 atom stereocenters. The molecule has 1 aromatic rings. The van der Waals surface area contributed by atoms with Crippen LogP contribution in [0.15, 0.2) is 21.8 Å². The quantitative estimate of drug-likeness (QED) is 0.823. The van der Waals surface area contributed by atoms with Gasteiger partial charge in [-0.05, 0) is 37.9 Å². The van der Waals surface area contributed by atoms with Crippen molar-refractivity contribution in [2.45, 2.75) is 36.8 Å². The van der Waals surface area contributed by atoms with Crippen molar-refractivity contribution in [3.05, 3.63) is 17.9 Å². The molecule has 1 aliphatic rings. The second kappa shape index (κ2) is 6.29. The summed E-state index contributed by atoms with van der Waals surface area (Å²) in [5.41, 5.74) is 0.587. The van der Waals surface area contributed by atoms with E-state index in [1.54, 1.807) is 6.07 Å². The predicted molar refractivity (Wildman–Crippen MR) is 70.8 cm³/mol. The van der Waals surface area contributed by atoms with Gasteiger partial charge in [-0.25, -0.2) is 0 Å². The lowest BCUT2D eigenvalue weighted by Gasteiger charge is -2.27. The first-order valence-electron chi connectivity index (χ1n) is 6.27. The van der Waals surface area contributed by atoms with Crippen molar-refractivity contribution in [2.75, 3.05) is 12.9 Å². The highest BCUT2D eigenvalue weighted by molar-refractivity contribution is 7.98. The van der Waals surface area contributed by atoms with Crippen LogP contribution in [0.5, 0.6) is 0 Å². The minimum atomic E-state index is -0.0634. The molecule has 4 nitrogen and oxygen atoms in total. The molecule has 0 saturated heterocycles. The summed E-state index contributed by atoms with van der Waals surface area (Å²) in [5, 5.41) is 12.8. The fraction of sp³-hybridized carbons (Fsp3) is 0.615. The van der Waals surface area contributed by atoms with Crippen LogP contribution >= 0.6 is 11.8 Å². The monoisotopic (exact) mass is 269 g/mol. The first-order chi connectivity index (χ1) is 8.72. The van der Waals surface area contributed by atoms with E-state index in [0.717, 1.165) is 30.8 Å². The molecule has 2 N–H and O–H groups in total. The smallest absolute Gasteiger partial charge is 0.254 e. The summed E-state index contributed by atoms with van der Waals surface area (Å²) in [6.07, 6.45) is 7.29. The molecule has 0 aromatic carbocycles. The van der Waals surface area contributed by atoms with Gasteiger partial charge in [0.2, 0.25) is 0 Å². The average molecular weight is 269 g/mol. The van der Waals surface area contributed by atoms with Crippen molar-refractivity contribution in [3.63, 3.8) is 0 Å². The van der Waals surface area contributed by atoms with E-state index in [-0.39, 0.29) is 18.6 Å². The van der Waals surface area contributed by atoms with Crippen LogP contribution in [0.3, 0.4) is 0 Å². The highest BCUT2D eigenvalue weighted by Crippen LogP contribution is 2.24. The third-order valence-corrected chi connectivity index (χ3v) is 4.10. The number of furan rings is 1. The van der Waals surface area contributed by atoms with Gasteiger partial charge in [0.15, 0.2) is 5.09 Å². The van der Waals surface area contributed by atoms with Crippen molar-refractivity contribution in [3.8, 4) is 0 Å². The molecule has 2 rings (SSSR count). The van der Waals surface area contributed by atoms with Gasteiger partial charge < -0.3 is 14.8 Å². The number of aliphatic hydroxyl groups excluding tert-OH is 1. The van der Waals surface area contributed by atoms with Crippen LogP contribution in [-0.4, -0.2) is 29.9 Å². The van der Waals surface area contributed by atoms with Gasteiger partial charge in [0.05, 0.1) is 5.56 Å². The van der Waals surface area contributed by atoms with E-state index < -0.39 is 0 Å². The Hall–Kier alpha value is -0.940. The van der Waals surface area contributed by atoms with Gasteiger partial charge in [-0.3, -0.25) is 4.79 Å². The maximum Gasteiger partial charge on any atom is 0.254 e. The van der Waals surface area contributed by atoms with Gasteiger partial charge in [-0.2, -0.15) is 0 Å². The van der Waals surface area contributed by atoms with Gasteiger partial charge in [0, 0.05) is 18.7 Å². The number of carbonyl (C=O) groups is 1. The Kier molecular flexibility index (Phi) is 4.72. The van der Waals surface area contributed by atoms with Gasteiger partial charge in [-0.15, -0.1) is 0 Å². The van der Waals surface area contributed by atoms with Crippen molar-refractivity contribution >= 4 is 17.7 Å². The molecule has 18 heavy (non-hydrogen) atoms. The number of carbonyl (C=O) groups excluding carboxylic acids is 1. The van der Waals surface area contributed by atoms with Crippen LogP contribution in [0.25, 0.3) is 0 Å². The molecule has 5 heteroatoms. The molecular formula is C13H19NO3S. The third-order valence-electron chi connectivity index (χ3n) is 3.48. The summed E-state index contributed by atoms with van der Waals surface area (Å²) in [6.45, 7) is 0.263. The maximum absolute atomic E-state index is 12.0. The van der Waals surface area contributed by atoms with E-state index in [9.17, 15) is 4.79 Å². The third kappa shape index (κ3) is 3.29. The summed E-state index contributed by atoms with van der Waals surface area (Å²) in [5.74, 6) is 0.349. The fourth-order valence-corrected chi connectivity index (χ4v) is 2.69. The lowest BCUT2D eigenvalue weighted by molar-refractivity contribution is 0.0913. The van der Waals surface area contributed by atoms with Crippen molar-refractivity contribution < 1.29 is 14.3 Å². The molecule has 1 saturated carbocycles. The Morgan fingerprint density at radius 1 is 1.50 bits per heavy atom. The van der Waals surface area contributed by atoms with Crippen molar-refractivity contribution in [2.24, 2.45) is 5.92 Å². The molecule has 100 valence electrons. The van der Waals surface area contributed by atoms with Crippen molar-refractivity contribution in [1.29, 1.82) is 0 Å². The number of hydrogen-bond donors (Lipinski definition) is 2. The highest BCUT2D eigenvalue weighted by Gasteiger charge is 2.22. The average Bonchev–Trinajstić information content (AvgIpc) is 2.88. The number of aliphatic hydroxyl groups is 1. The summed E-state index contributed by atoms with van der Waals surface area (Å²) in [7, 11) is 0. The second-order valence-electron chi connectivity index (χ2n) is 4.73. The Bertz CT molecular complexity index is 397. The number of thioether (sulfide) groups is 1. The summed E-state index contributed by atoms with van der Waals surface area (Å²) >= 11 is 1.48. The number of amides is 1. The molecule has 0 radical (unpaired) electrons. The standard InChI is InChI=1S/C13H19NO3S/c1-18-12-6-10(8-17-12)13(16)14-11-4-2-9(7-15)3-5-11/h6,8-9,11,15H,2-5,7H2,1H3,(H,14,16). The normalized spacial score (nSPS) is 23.9. The van der Waals surface area contributed by atoms with E-state index in [4.69, 9.17) is 9.52 Å². The zero-order valence-corrected chi connectivity index (χ0v) is 11.3. The molecular weight excluding hydrogens is 250 g/mol. The number of hydrogen-bond acceptors (Lipinski definition) is 4. The first-order valence-corrected chi connectivity index (χ1v) is 7.49. The minimum absolute atomic E-state index is 0.0634.